The SMILES string of the molecule is CC(C)=C[SiH](c1ccccc1)c1ccccc1. The lowest BCUT2D eigenvalue weighted by molar-refractivity contribution is 1.41. The number of allylic oxidation sites excluding steroid dienone is 1. The minimum atomic E-state index is -1.17. The van der Waals surface area contributed by atoms with Crippen LogP contribution < -0.4 is 10.4 Å². The van der Waals surface area contributed by atoms with Crippen molar-refractivity contribution in [3.8, 4) is 0 Å². The van der Waals surface area contributed by atoms with Crippen molar-refractivity contribution in [2.24, 2.45) is 0 Å². The molecule has 0 N–H and O–H groups in total. The van der Waals surface area contributed by atoms with Crippen LogP contribution >= 0.6 is 0 Å². The van der Waals surface area contributed by atoms with Crippen molar-refractivity contribution >= 4 is 19.2 Å². The summed E-state index contributed by atoms with van der Waals surface area (Å²) in [7, 11) is -1.17. The van der Waals surface area contributed by atoms with Gasteiger partial charge >= 0.3 is 0 Å². The predicted octanol–water partition coefficient (Wildman–Crippen LogP) is 2.53. The van der Waals surface area contributed by atoms with Crippen LogP contribution in [0.15, 0.2) is 71.9 Å². The summed E-state index contributed by atoms with van der Waals surface area (Å²) >= 11 is 0. The maximum Gasteiger partial charge on any atom is 0.125 e. The fourth-order valence-corrected chi connectivity index (χ4v) is 4.75. The molecule has 0 nitrogen and oxygen atoms in total. The quantitative estimate of drug-likeness (QED) is 0.721. The van der Waals surface area contributed by atoms with E-state index in [1.807, 2.05) is 0 Å². The van der Waals surface area contributed by atoms with Gasteiger partial charge < -0.3 is 0 Å². The Morgan fingerprint density at radius 3 is 1.53 bits per heavy atom. The average Bonchev–Trinajstić information content (AvgIpc) is 2.38. The molecule has 0 saturated carbocycles. The molecule has 2 rings (SSSR count). The summed E-state index contributed by atoms with van der Waals surface area (Å²) < 4.78 is 0. The fourth-order valence-electron chi connectivity index (χ4n) is 2.04. The molecule has 1 heteroatoms. The Hall–Kier alpha value is -1.60. The molecule has 86 valence electrons. The molecule has 0 radical (unpaired) electrons. The first-order valence-electron chi connectivity index (χ1n) is 6.02. The molecule has 0 saturated heterocycles. The van der Waals surface area contributed by atoms with Crippen LogP contribution in [-0.4, -0.2) is 8.80 Å². The number of hydrogen-bond acceptors (Lipinski definition) is 0. The van der Waals surface area contributed by atoms with Crippen LogP contribution in [0.25, 0.3) is 0 Å². The first-order chi connectivity index (χ1) is 8.27. The highest BCUT2D eigenvalue weighted by atomic mass is 28.3. The van der Waals surface area contributed by atoms with Crippen LogP contribution in [0, 0.1) is 0 Å². The Kier molecular flexibility index (Phi) is 3.94. The lowest BCUT2D eigenvalue weighted by Crippen LogP contribution is -2.40. The third-order valence-electron chi connectivity index (χ3n) is 2.82. The van der Waals surface area contributed by atoms with Gasteiger partial charge in [-0.1, -0.05) is 82.3 Å². The normalized spacial score (nSPS) is 10.3. The highest BCUT2D eigenvalue weighted by Crippen LogP contribution is 1.98. The molecule has 0 aliphatic rings. The molecule has 0 fully saturated rings. The van der Waals surface area contributed by atoms with E-state index < -0.39 is 8.80 Å². The molecule has 0 amide bonds. The second-order valence-corrected chi connectivity index (χ2v) is 7.17. The molecule has 2 aromatic rings. The van der Waals surface area contributed by atoms with Gasteiger partial charge in [0.05, 0.1) is 0 Å². The van der Waals surface area contributed by atoms with E-state index in [9.17, 15) is 0 Å². The molecule has 0 bridgehead atoms. The molecule has 0 aromatic heterocycles. The summed E-state index contributed by atoms with van der Waals surface area (Å²) in [5.74, 6) is 0. The van der Waals surface area contributed by atoms with E-state index in [2.05, 4.69) is 80.2 Å². The van der Waals surface area contributed by atoms with E-state index in [1.54, 1.807) is 0 Å². The maximum absolute atomic E-state index is 2.46. The number of hydrogen-bond donors (Lipinski definition) is 0. The largest absolute Gasteiger partial charge is 0.125 e. The summed E-state index contributed by atoms with van der Waals surface area (Å²) in [6, 6.07) is 21.7. The van der Waals surface area contributed by atoms with Crippen molar-refractivity contribution in [1.82, 2.24) is 0 Å². The van der Waals surface area contributed by atoms with Gasteiger partial charge in [0.1, 0.15) is 8.80 Å². The van der Waals surface area contributed by atoms with Gasteiger partial charge in [0.15, 0.2) is 0 Å². The predicted molar refractivity (Wildman–Crippen MR) is 78.7 cm³/mol. The smallest absolute Gasteiger partial charge is 0.0902 e. The second-order valence-electron chi connectivity index (χ2n) is 4.54. The zero-order chi connectivity index (χ0) is 12.1. The Morgan fingerprint density at radius 1 is 0.765 bits per heavy atom. The highest BCUT2D eigenvalue weighted by Gasteiger charge is 2.12. The Morgan fingerprint density at radius 2 is 1.18 bits per heavy atom. The van der Waals surface area contributed by atoms with Gasteiger partial charge in [-0.2, -0.15) is 0 Å². The van der Waals surface area contributed by atoms with Crippen molar-refractivity contribution in [2.75, 3.05) is 0 Å². The highest BCUT2D eigenvalue weighted by molar-refractivity contribution is 6.89. The molecule has 0 spiro atoms. The van der Waals surface area contributed by atoms with E-state index >= 15 is 0 Å². The van der Waals surface area contributed by atoms with Crippen LogP contribution in [0.1, 0.15) is 13.8 Å². The molecule has 17 heavy (non-hydrogen) atoms. The average molecular weight is 238 g/mol. The van der Waals surface area contributed by atoms with Gasteiger partial charge in [0.25, 0.3) is 0 Å². The standard InChI is InChI=1S/C16H18Si/c1-14(2)13-17(15-9-5-3-6-10-15)16-11-7-4-8-12-16/h3-13,17H,1-2H3. The lowest BCUT2D eigenvalue weighted by atomic mass is 10.4. The number of benzene rings is 2. The van der Waals surface area contributed by atoms with Gasteiger partial charge in [0, 0.05) is 0 Å². The zero-order valence-corrected chi connectivity index (χ0v) is 11.6. The first kappa shape index (κ1) is 11.9. The van der Waals surface area contributed by atoms with Gasteiger partial charge in [-0.05, 0) is 13.8 Å². The Bertz CT molecular complexity index is 442. The Labute approximate surface area is 105 Å². The summed E-state index contributed by atoms with van der Waals surface area (Å²) in [6.07, 6.45) is 0. The second kappa shape index (κ2) is 5.64. The first-order valence-corrected chi connectivity index (χ1v) is 7.84. The molecule has 2 aromatic carbocycles. The van der Waals surface area contributed by atoms with Gasteiger partial charge in [-0.15, -0.1) is 0 Å². The van der Waals surface area contributed by atoms with E-state index in [0.717, 1.165) is 0 Å². The van der Waals surface area contributed by atoms with Gasteiger partial charge in [-0.3, -0.25) is 0 Å². The van der Waals surface area contributed by atoms with Crippen molar-refractivity contribution in [3.05, 3.63) is 71.9 Å². The summed E-state index contributed by atoms with van der Waals surface area (Å²) in [4.78, 5) is 0. The van der Waals surface area contributed by atoms with Crippen LogP contribution in [0.2, 0.25) is 0 Å². The molecule has 0 unspecified atom stereocenters. The summed E-state index contributed by atoms with van der Waals surface area (Å²) in [6.45, 7) is 4.37. The topological polar surface area (TPSA) is 0 Å². The maximum atomic E-state index is 2.46. The van der Waals surface area contributed by atoms with Crippen LogP contribution in [0.3, 0.4) is 0 Å². The van der Waals surface area contributed by atoms with Crippen molar-refractivity contribution in [3.63, 3.8) is 0 Å². The molecular formula is C16H18Si. The molecular weight excluding hydrogens is 220 g/mol. The summed E-state index contributed by atoms with van der Waals surface area (Å²) in [5.41, 5.74) is 3.87. The van der Waals surface area contributed by atoms with Crippen LogP contribution in [0.4, 0.5) is 0 Å². The zero-order valence-electron chi connectivity index (χ0n) is 10.4. The van der Waals surface area contributed by atoms with Crippen molar-refractivity contribution < 1.29 is 0 Å². The Balaban J connectivity index is 2.43. The summed E-state index contributed by atoms with van der Waals surface area (Å²) in [5, 5.41) is 2.97. The third-order valence-corrected chi connectivity index (χ3v) is 6.02. The van der Waals surface area contributed by atoms with Crippen molar-refractivity contribution in [2.45, 2.75) is 13.8 Å². The molecule has 0 heterocycles. The van der Waals surface area contributed by atoms with E-state index in [4.69, 9.17) is 0 Å². The van der Waals surface area contributed by atoms with Gasteiger partial charge in [0.2, 0.25) is 0 Å². The van der Waals surface area contributed by atoms with Crippen molar-refractivity contribution in [1.29, 1.82) is 0 Å². The fraction of sp³-hybridized carbons (Fsp3) is 0.125. The van der Waals surface area contributed by atoms with Crippen LogP contribution in [-0.2, 0) is 0 Å². The third kappa shape index (κ3) is 3.18. The monoisotopic (exact) mass is 238 g/mol. The molecule has 0 aliphatic heterocycles. The van der Waals surface area contributed by atoms with Crippen LogP contribution in [0.5, 0.6) is 0 Å². The van der Waals surface area contributed by atoms with E-state index in [1.165, 1.54) is 15.9 Å². The van der Waals surface area contributed by atoms with E-state index in [0.29, 0.717) is 0 Å². The molecule has 0 aliphatic carbocycles. The molecule has 0 atom stereocenters. The van der Waals surface area contributed by atoms with E-state index in [-0.39, 0.29) is 0 Å². The van der Waals surface area contributed by atoms with Gasteiger partial charge in [-0.25, -0.2) is 0 Å². The number of rotatable bonds is 3. The minimum absolute atomic E-state index is 1.17. The minimum Gasteiger partial charge on any atom is -0.0902 e. The lowest BCUT2D eigenvalue weighted by Gasteiger charge is -2.13.